The van der Waals surface area contributed by atoms with Gasteiger partial charge in [-0.3, -0.25) is 0 Å². The van der Waals surface area contributed by atoms with E-state index in [0.29, 0.717) is 5.92 Å². The second-order valence-corrected chi connectivity index (χ2v) is 5.77. The summed E-state index contributed by atoms with van der Waals surface area (Å²) in [7, 11) is 1.69. The van der Waals surface area contributed by atoms with Crippen LogP contribution >= 0.6 is 15.9 Å². The molecule has 0 aromatic heterocycles. The van der Waals surface area contributed by atoms with E-state index in [4.69, 9.17) is 15.9 Å². The van der Waals surface area contributed by atoms with Crippen molar-refractivity contribution in [2.24, 2.45) is 0 Å². The number of hydrogen-bond donors (Lipinski definition) is 0. The lowest BCUT2D eigenvalue weighted by atomic mass is 9.81. The molecule has 0 saturated heterocycles. The molecule has 0 radical (unpaired) electrons. The van der Waals surface area contributed by atoms with Crippen molar-refractivity contribution in [1.29, 1.82) is 0 Å². The predicted octanol–water partition coefficient (Wildman–Crippen LogP) is 4.22. The van der Waals surface area contributed by atoms with E-state index in [0.717, 1.165) is 22.4 Å². The first-order valence-corrected chi connectivity index (χ1v) is 7.36. The lowest BCUT2D eigenvalue weighted by Gasteiger charge is -2.28. The zero-order valence-corrected chi connectivity index (χ0v) is 13.3. The molecule has 1 aliphatic rings. The molecule has 1 aromatic rings. The Morgan fingerprint density at radius 2 is 2.16 bits per heavy atom. The minimum Gasteiger partial charge on any atom is -0.493 e. The molecule has 102 valence electrons. The van der Waals surface area contributed by atoms with Crippen LogP contribution in [0.4, 0.5) is 0 Å². The Kier molecular flexibility index (Phi) is 4.42. The van der Waals surface area contributed by atoms with E-state index in [-0.39, 0.29) is 6.61 Å². The van der Waals surface area contributed by atoms with Crippen LogP contribution in [0.2, 0.25) is 0 Å². The highest BCUT2D eigenvalue weighted by Gasteiger charge is 2.27. The van der Waals surface area contributed by atoms with Crippen LogP contribution in [0.15, 0.2) is 4.47 Å². The smallest absolute Gasteiger partial charge is 0.177 e. The second kappa shape index (κ2) is 5.88. The SMILES string of the molecule is C#CCOc1c(Br)c(C)c2c(c1OC)CCCC2C. The maximum absolute atomic E-state index is 5.68. The van der Waals surface area contributed by atoms with Crippen LogP contribution in [0.3, 0.4) is 0 Å². The molecule has 1 aromatic carbocycles. The quantitative estimate of drug-likeness (QED) is 0.776. The molecule has 0 amide bonds. The van der Waals surface area contributed by atoms with E-state index >= 15 is 0 Å². The fourth-order valence-corrected chi connectivity index (χ4v) is 3.49. The highest BCUT2D eigenvalue weighted by atomic mass is 79.9. The maximum atomic E-state index is 5.68. The Labute approximate surface area is 123 Å². The first kappa shape index (κ1) is 14.3. The molecule has 0 bridgehead atoms. The van der Waals surface area contributed by atoms with Gasteiger partial charge in [-0.15, -0.1) is 6.42 Å². The first-order valence-electron chi connectivity index (χ1n) is 6.56. The first-order chi connectivity index (χ1) is 9.11. The summed E-state index contributed by atoms with van der Waals surface area (Å²) >= 11 is 3.64. The van der Waals surface area contributed by atoms with Crippen LogP contribution in [-0.4, -0.2) is 13.7 Å². The van der Waals surface area contributed by atoms with Crippen LogP contribution in [0.1, 0.15) is 42.4 Å². The highest BCUT2D eigenvalue weighted by Crippen LogP contribution is 2.48. The molecule has 0 aliphatic heterocycles. The third kappa shape index (κ3) is 2.47. The van der Waals surface area contributed by atoms with Gasteiger partial charge in [0.25, 0.3) is 0 Å². The summed E-state index contributed by atoms with van der Waals surface area (Å²) in [4.78, 5) is 0. The summed E-state index contributed by atoms with van der Waals surface area (Å²) in [6.45, 7) is 4.66. The number of terminal acetylenes is 1. The molecule has 19 heavy (non-hydrogen) atoms. The Morgan fingerprint density at radius 3 is 2.79 bits per heavy atom. The Morgan fingerprint density at radius 1 is 1.42 bits per heavy atom. The average molecular weight is 323 g/mol. The predicted molar refractivity (Wildman–Crippen MR) is 81.1 cm³/mol. The van der Waals surface area contributed by atoms with Gasteiger partial charge >= 0.3 is 0 Å². The van der Waals surface area contributed by atoms with Gasteiger partial charge in [-0.25, -0.2) is 0 Å². The summed E-state index contributed by atoms with van der Waals surface area (Å²) < 4.78 is 12.2. The minimum atomic E-state index is 0.253. The van der Waals surface area contributed by atoms with Gasteiger partial charge in [0.2, 0.25) is 0 Å². The van der Waals surface area contributed by atoms with Gasteiger partial charge in [0.1, 0.15) is 6.61 Å². The zero-order chi connectivity index (χ0) is 14.0. The van der Waals surface area contributed by atoms with E-state index in [1.54, 1.807) is 7.11 Å². The molecule has 1 aliphatic carbocycles. The van der Waals surface area contributed by atoms with E-state index in [1.165, 1.54) is 29.5 Å². The van der Waals surface area contributed by atoms with E-state index in [9.17, 15) is 0 Å². The van der Waals surface area contributed by atoms with E-state index < -0.39 is 0 Å². The van der Waals surface area contributed by atoms with Gasteiger partial charge in [0, 0.05) is 5.56 Å². The highest BCUT2D eigenvalue weighted by molar-refractivity contribution is 9.10. The Balaban J connectivity index is 2.64. The number of halogens is 1. The Bertz CT molecular complexity index is 529. The lowest BCUT2D eigenvalue weighted by Crippen LogP contribution is -2.13. The summed E-state index contributed by atoms with van der Waals surface area (Å²) in [6, 6.07) is 0. The molecular weight excluding hydrogens is 304 g/mol. The number of fused-ring (bicyclic) bond motifs is 1. The van der Waals surface area contributed by atoms with Crippen molar-refractivity contribution in [2.45, 2.75) is 39.0 Å². The Hall–Kier alpha value is -1.14. The average Bonchev–Trinajstić information content (AvgIpc) is 2.41. The number of benzene rings is 1. The van der Waals surface area contributed by atoms with Crippen LogP contribution in [0, 0.1) is 19.3 Å². The van der Waals surface area contributed by atoms with E-state index in [1.807, 2.05) is 0 Å². The monoisotopic (exact) mass is 322 g/mol. The molecule has 0 N–H and O–H groups in total. The third-order valence-electron chi connectivity index (χ3n) is 3.80. The molecule has 0 fully saturated rings. The van der Waals surface area contributed by atoms with Crippen LogP contribution < -0.4 is 9.47 Å². The summed E-state index contributed by atoms with van der Waals surface area (Å²) in [5, 5.41) is 0. The van der Waals surface area contributed by atoms with Crippen molar-refractivity contribution in [3.8, 4) is 23.8 Å². The fourth-order valence-electron chi connectivity index (χ4n) is 2.98. The molecule has 0 heterocycles. The largest absolute Gasteiger partial charge is 0.493 e. The minimum absolute atomic E-state index is 0.253. The van der Waals surface area contributed by atoms with Crippen molar-refractivity contribution in [2.75, 3.05) is 13.7 Å². The summed E-state index contributed by atoms with van der Waals surface area (Å²) in [5.74, 6) is 4.65. The van der Waals surface area contributed by atoms with Crippen molar-refractivity contribution in [3.05, 3.63) is 21.2 Å². The van der Waals surface area contributed by atoms with Gasteiger partial charge in [-0.2, -0.15) is 0 Å². The van der Waals surface area contributed by atoms with Crippen LogP contribution in [0.25, 0.3) is 0 Å². The number of ether oxygens (including phenoxy) is 2. The van der Waals surface area contributed by atoms with Crippen molar-refractivity contribution in [3.63, 3.8) is 0 Å². The van der Waals surface area contributed by atoms with Crippen molar-refractivity contribution >= 4 is 15.9 Å². The van der Waals surface area contributed by atoms with Gasteiger partial charge in [-0.05, 0) is 59.2 Å². The summed E-state index contributed by atoms with van der Waals surface area (Å²) in [6.07, 6.45) is 8.75. The number of methoxy groups -OCH3 is 1. The van der Waals surface area contributed by atoms with Crippen molar-refractivity contribution < 1.29 is 9.47 Å². The standard InChI is InChI=1S/C16H19BrO2/c1-5-9-19-16-14(17)11(3)13-10(2)7-6-8-12(13)15(16)18-4/h1,10H,6-9H2,2-4H3. The van der Waals surface area contributed by atoms with Gasteiger partial charge in [0.15, 0.2) is 11.5 Å². The number of hydrogen-bond acceptors (Lipinski definition) is 2. The fraction of sp³-hybridized carbons (Fsp3) is 0.500. The zero-order valence-electron chi connectivity index (χ0n) is 11.7. The third-order valence-corrected chi connectivity index (χ3v) is 4.75. The van der Waals surface area contributed by atoms with E-state index in [2.05, 4.69) is 35.7 Å². The number of rotatable bonds is 3. The van der Waals surface area contributed by atoms with Crippen LogP contribution in [-0.2, 0) is 6.42 Å². The van der Waals surface area contributed by atoms with Crippen LogP contribution in [0.5, 0.6) is 11.5 Å². The topological polar surface area (TPSA) is 18.5 Å². The molecular formula is C16H19BrO2. The van der Waals surface area contributed by atoms with Gasteiger partial charge in [0.05, 0.1) is 11.6 Å². The van der Waals surface area contributed by atoms with Crippen molar-refractivity contribution in [1.82, 2.24) is 0 Å². The molecule has 1 atom stereocenters. The molecule has 2 rings (SSSR count). The summed E-state index contributed by atoms with van der Waals surface area (Å²) in [5.41, 5.74) is 3.94. The molecule has 1 unspecified atom stereocenters. The maximum Gasteiger partial charge on any atom is 0.177 e. The van der Waals surface area contributed by atoms with Gasteiger partial charge < -0.3 is 9.47 Å². The molecule has 0 spiro atoms. The second-order valence-electron chi connectivity index (χ2n) is 4.98. The van der Waals surface area contributed by atoms with Gasteiger partial charge in [-0.1, -0.05) is 12.8 Å². The molecule has 0 saturated carbocycles. The lowest BCUT2D eigenvalue weighted by molar-refractivity contribution is 0.324. The normalized spacial score (nSPS) is 17.5. The molecule has 3 heteroatoms. The molecule has 2 nitrogen and oxygen atoms in total.